The van der Waals surface area contributed by atoms with Gasteiger partial charge in [0.2, 0.25) is 0 Å². The van der Waals surface area contributed by atoms with E-state index in [9.17, 15) is 4.79 Å². The summed E-state index contributed by atoms with van der Waals surface area (Å²) in [6.45, 7) is 0. The van der Waals surface area contributed by atoms with Gasteiger partial charge >= 0.3 is 5.97 Å². The van der Waals surface area contributed by atoms with Crippen molar-refractivity contribution in [2.75, 3.05) is 19.0 Å². The molecule has 1 rings (SSSR count). The molecule has 0 fully saturated rings. The number of anilines is 1. The maximum atomic E-state index is 10.6. The third-order valence-corrected chi connectivity index (χ3v) is 2.57. The second kappa shape index (κ2) is 5.18. The van der Waals surface area contributed by atoms with Gasteiger partial charge in [-0.3, -0.25) is 4.79 Å². The van der Waals surface area contributed by atoms with E-state index >= 15 is 0 Å². The molecule has 4 nitrogen and oxygen atoms in total. The quantitative estimate of drug-likeness (QED) is 0.837. The van der Waals surface area contributed by atoms with Crippen LogP contribution in [0.4, 0.5) is 5.69 Å². The number of rotatable bonds is 4. The summed E-state index contributed by atoms with van der Waals surface area (Å²) in [5.41, 5.74) is 7.17. The van der Waals surface area contributed by atoms with Crippen LogP contribution in [0.25, 0.3) is 0 Å². The molecule has 88 valence electrons. The number of carboxylic acids is 1. The number of halogens is 1. The van der Waals surface area contributed by atoms with E-state index in [2.05, 4.69) is 0 Å². The standard InChI is InChI=1S/C11H15ClN2O2/c1-14(2)10-4-3-7(5-8(10)12)6-9(13)11(15)16/h3-5,9H,6,13H2,1-2H3,(H,15,16). The molecule has 1 unspecified atom stereocenters. The Bertz CT molecular complexity index is 394. The van der Waals surface area contributed by atoms with Crippen molar-refractivity contribution in [2.24, 2.45) is 5.73 Å². The Morgan fingerprint density at radius 1 is 1.56 bits per heavy atom. The normalized spacial score (nSPS) is 12.2. The molecule has 1 atom stereocenters. The van der Waals surface area contributed by atoms with Gasteiger partial charge in [0.25, 0.3) is 0 Å². The molecule has 0 saturated carbocycles. The van der Waals surface area contributed by atoms with Crippen LogP contribution in [0.5, 0.6) is 0 Å². The number of benzene rings is 1. The number of hydrogen-bond donors (Lipinski definition) is 2. The highest BCUT2D eigenvalue weighted by atomic mass is 35.5. The predicted octanol–water partition coefficient (Wildman–Crippen LogP) is 1.36. The van der Waals surface area contributed by atoms with Crippen LogP contribution in [0.15, 0.2) is 18.2 Å². The third kappa shape index (κ3) is 3.12. The number of hydrogen-bond acceptors (Lipinski definition) is 3. The molecule has 3 N–H and O–H groups in total. The van der Waals surface area contributed by atoms with Crippen LogP contribution < -0.4 is 10.6 Å². The maximum absolute atomic E-state index is 10.6. The lowest BCUT2D eigenvalue weighted by Crippen LogP contribution is -2.32. The molecule has 0 saturated heterocycles. The van der Waals surface area contributed by atoms with Gasteiger partial charge in [0.1, 0.15) is 6.04 Å². The van der Waals surface area contributed by atoms with E-state index in [0.717, 1.165) is 11.3 Å². The van der Waals surface area contributed by atoms with Crippen molar-refractivity contribution >= 4 is 23.3 Å². The summed E-state index contributed by atoms with van der Waals surface area (Å²) >= 11 is 6.06. The van der Waals surface area contributed by atoms with Crippen molar-refractivity contribution in [3.63, 3.8) is 0 Å². The molecule has 0 radical (unpaired) electrons. The Morgan fingerprint density at radius 3 is 2.62 bits per heavy atom. The van der Waals surface area contributed by atoms with Gasteiger partial charge in [-0.25, -0.2) is 0 Å². The minimum absolute atomic E-state index is 0.281. The molecule has 0 bridgehead atoms. The number of carbonyl (C=O) groups is 1. The molecular formula is C11H15ClN2O2. The van der Waals surface area contributed by atoms with Gasteiger partial charge < -0.3 is 15.7 Å². The lowest BCUT2D eigenvalue weighted by atomic mass is 10.1. The molecule has 5 heteroatoms. The van der Waals surface area contributed by atoms with Crippen molar-refractivity contribution in [2.45, 2.75) is 12.5 Å². The van der Waals surface area contributed by atoms with E-state index in [0.29, 0.717) is 5.02 Å². The Balaban J connectivity index is 2.85. The molecule has 1 aromatic carbocycles. The van der Waals surface area contributed by atoms with E-state index in [4.69, 9.17) is 22.4 Å². The van der Waals surface area contributed by atoms with Gasteiger partial charge in [-0.15, -0.1) is 0 Å². The molecule has 0 aliphatic carbocycles. The van der Waals surface area contributed by atoms with Gasteiger partial charge in [-0.1, -0.05) is 17.7 Å². The largest absolute Gasteiger partial charge is 0.480 e. The third-order valence-electron chi connectivity index (χ3n) is 2.27. The van der Waals surface area contributed by atoms with Crippen molar-refractivity contribution in [1.82, 2.24) is 0 Å². The summed E-state index contributed by atoms with van der Waals surface area (Å²) in [5, 5.41) is 9.29. The SMILES string of the molecule is CN(C)c1ccc(CC(N)C(=O)O)cc1Cl. The number of carboxylic acid groups (broad SMARTS) is 1. The number of aliphatic carboxylic acids is 1. The summed E-state index contributed by atoms with van der Waals surface area (Å²) < 4.78 is 0. The first-order valence-corrected chi connectivity index (χ1v) is 5.23. The van der Waals surface area contributed by atoms with Crippen LogP contribution in [0, 0.1) is 0 Å². The fourth-order valence-corrected chi connectivity index (χ4v) is 1.75. The lowest BCUT2D eigenvalue weighted by molar-refractivity contribution is -0.138. The first-order chi connectivity index (χ1) is 7.41. The van der Waals surface area contributed by atoms with Gasteiger partial charge in [0.15, 0.2) is 0 Å². The Morgan fingerprint density at radius 2 is 2.19 bits per heavy atom. The van der Waals surface area contributed by atoms with Crippen LogP contribution in [-0.4, -0.2) is 31.2 Å². The lowest BCUT2D eigenvalue weighted by Gasteiger charge is -2.15. The highest BCUT2D eigenvalue weighted by molar-refractivity contribution is 6.33. The molecule has 0 aliphatic rings. The van der Waals surface area contributed by atoms with E-state index in [1.807, 2.05) is 31.1 Å². The second-order valence-corrected chi connectivity index (χ2v) is 4.24. The second-order valence-electron chi connectivity index (χ2n) is 3.83. The van der Waals surface area contributed by atoms with E-state index in [-0.39, 0.29) is 6.42 Å². The van der Waals surface area contributed by atoms with Crippen molar-refractivity contribution in [3.8, 4) is 0 Å². The summed E-state index contributed by atoms with van der Waals surface area (Å²) in [6.07, 6.45) is 0.281. The molecule has 1 aromatic rings. The van der Waals surface area contributed by atoms with Crippen molar-refractivity contribution < 1.29 is 9.90 Å². The van der Waals surface area contributed by atoms with Crippen LogP contribution in [0.1, 0.15) is 5.56 Å². The zero-order valence-electron chi connectivity index (χ0n) is 9.27. The van der Waals surface area contributed by atoms with E-state index < -0.39 is 12.0 Å². The Labute approximate surface area is 99.6 Å². The number of nitrogens with zero attached hydrogens (tertiary/aromatic N) is 1. The first kappa shape index (κ1) is 12.8. The highest BCUT2D eigenvalue weighted by Gasteiger charge is 2.13. The Hall–Kier alpha value is -1.26. The molecule has 0 heterocycles. The van der Waals surface area contributed by atoms with E-state index in [1.54, 1.807) is 6.07 Å². The van der Waals surface area contributed by atoms with Crippen molar-refractivity contribution in [1.29, 1.82) is 0 Å². The first-order valence-electron chi connectivity index (χ1n) is 4.86. The zero-order valence-corrected chi connectivity index (χ0v) is 10.0. The van der Waals surface area contributed by atoms with Gasteiger partial charge in [-0.05, 0) is 24.1 Å². The molecule has 0 aromatic heterocycles. The zero-order chi connectivity index (χ0) is 12.3. The predicted molar refractivity (Wildman–Crippen MR) is 65.1 cm³/mol. The van der Waals surface area contributed by atoms with Gasteiger partial charge in [-0.2, -0.15) is 0 Å². The monoisotopic (exact) mass is 242 g/mol. The van der Waals surface area contributed by atoms with Gasteiger partial charge in [0, 0.05) is 14.1 Å². The smallest absolute Gasteiger partial charge is 0.320 e. The van der Waals surface area contributed by atoms with Gasteiger partial charge in [0.05, 0.1) is 10.7 Å². The minimum atomic E-state index is -1.01. The summed E-state index contributed by atoms with van der Waals surface area (Å²) in [5.74, 6) is -1.01. The highest BCUT2D eigenvalue weighted by Crippen LogP contribution is 2.25. The molecule has 0 aliphatic heterocycles. The minimum Gasteiger partial charge on any atom is -0.480 e. The summed E-state index contributed by atoms with van der Waals surface area (Å²) in [6, 6.07) is 4.55. The van der Waals surface area contributed by atoms with Crippen LogP contribution >= 0.6 is 11.6 Å². The average Bonchev–Trinajstić information content (AvgIpc) is 2.16. The van der Waals surface area contributed by atoms with Crippen LogP contribution in [0.3, 0.4) is 0 Å². The van der Waals surface area contributed by atoms with E-state index in [1.165, 1.54) is 0 Å². The van der Waals surface area contributed by atoms with Crippen LogP contribution in [0.2, 0.25) is 5.02 Å². The topological polar surface area (TPSA) is 66.6 Å². The van der Waals surface area contributed by atoms with Crippen molar-refractivity contribution in [3.05, 3.63) is 28.8 Å². The Kier molecular flexibility index (Phi) is 4.15. The maximum Gasteiger partial charge on any atom is 0.320 e. The summed E-state index contributed by atoms with van der Waals surface area (Å²) in [4.78, 5) is 12.5. The molecule has 16 heavy (non-hydrogen) atoms. The van der Waals surface area contributed by atoms with Crippen LogP contribution in [-0.2, 0) is 11.2 Å². The molecular weight excluding hydrogens is 228 g/mol. The fourth-order valence-electron chi connectivity index (χ4n) is 1.38. The summed E-state index contributed by atoms with van der Waals surface area (Å²) in [7, 11) is 3.79. The fraction of sp³-hybridized carbons (Fsp3) is 0.364. The molecule has 0 spiro atoms. The average molecular weight is 243 g/mol. The molecule has 0 amide bonds. The number of nitrogens with two attached hydrogens (primary N) is 1.